The maximum atomic E-state index is 10.5. The first-order valence-electron chi connectivity index (χ1n) is 6.84. The van der Waals surface area contributed by atoms with E-state index in [2.05, 4.69) is 28.2 Å². The number of nitrogens with zero attached hydrogens (tertiary/aromatic N) is 2. The third-order valence-corrected chi connectivity index (χ3v) is 3.41. The van der Waals surface area contributed by atoms with Crippen molar-refractivity contribution in [3.8, 4) is 0 Å². The molecule has 122 valence electrons. The first-order chi connectivity index (χ1) is 8.33. The van der Waals surface area contributed by atoms with Crippen LogP contribution in [0, 0.1) is 0 Å². The van der Waals surface area contributed by atoms with Crippen LogP contribution in [0.25, 0.3) is 0 Å². The van der Waals surface area contributed by atoms with E-state index in [0.717, 1.165) is 34.6 Å². The first-order valence-corrected chi connectivity index (χ1v) is 6.84. The molecule has 0 radical (unpaired) electrons. The Morgan fingerprint density at radius 2 is 0.950 bits per heavy atom. The summed E-state index contributed by atoms with van der Waals surface area (Å²) >= 11 is 0. The van der Waals surface area contributed by atoms with Gasteiger partial charge in [-0.15, -0.1) is 0 Å². The number of rotatable bonds is 11. The number of carbonyl (C=O) groups is 2. The Bertz CT molecular complexity index is 234. The summed E-state index contributed by atoms with van der Waals surface area (Å²) in [5.74, 6) is 0. The molecule has 0 fully saturated rings. The fourth-order valence-corrected chi connectivity index (χ4v) is 2.02. The summed E-state index contributed by atoms with van der Waals surface area (Å²) in [6, 6.07) is 0. The van der Waals surface area contributed by atoms with Gasteiger partial charge in [-0.3, -0.25) is 9.59 Å². The molecule has 0 atom stereocenters. The van der Waals surface area contributed by atoms with Crippen molar-refractivity contribution >= 4 is 12.6 Å². The van der Waals surface area contributed by atoms with E-state index in [-0.39, 0.29) is 24.8 Å². The molecule has 0 amide bonds. The van der Waals surface area contributed by atoms with Crippen LogP contribution in [0.15, 0.2) is 0 Å². The molecule has 0 aliphatic carbocycles. The van der Waals surface area contributed by atoms with Crippen molar-refractivity contribution in [3.05, 3.63) is 0 Å². The molecule has 0 rings (SSSR count). The van der Waals surface area contributed by atoms with Gasteiger partial charge in [0.25, 0.3) is 0 Å². The van der Waals surface area contributed by atoms with Crippen LogP contribution in [0.1, 0.15) is 25.7 Å². The average molecular weight is 329 g/mol. The molecule has 0 heterocycles. The third-order valence-electron chi connectivity index (χ3n) is 3.41. The van der Waals surface area contributed by atoms with Crippen molar-refractivity contribution in [1.29, 1.82) is 0 Å². The monoisotopic (exact) mass is 328 g/mol. The number of aldehydes is 2. The van der Waals surface area contributed by atoms with E-state index in [9.17, 15) is 9.59 Å². The second kappa shape index (κ2) is 12.6. The Labute approximate surface area is 136 Å². The van der Waals surface area contributed by atoms with Crippen molar-refractivity contribution in [3.63, 3.8) is 0 Å². The van der Waals surface area contributed by atoms with Gasteiger partial charge in [0.1, 0.15) is 13.1 Å². The lowest BCUT2D eigenvalue weighted by atomic mass is 10.1. The Balaban J connectivity index is -0.00000144. The van der Waals surface area contributed by atoms with Crippen molar-refractivity contribution in [1.82, 2.24) is 0 Å². The molecule has 0 aliphatic rings. The Hall–Kier alpha value is -0.160. The van der Waals surface area contributed by atoms with Crippen molar-refractivity contribution in [2.75, 3.05) is 54.4 Å². The van der Waals surface area contributed by atoms with E-state index in [0.29, 0.717) is 13.1 Å². The zero-order valence-electron chi connectivity index (χ0n) is 13.3. The molecular formula is C14H30Cl2N2O2. The number of likely N-dealkylation sites (N-methyl/N-ethyl adjacent to an activating group) is 2. The summed E-state index contributed by atoms with van der Waals surface area (Å²) in [4.78, 5) is 21.0. The highest BCUT2D eigenvalue weighted by Gasteiger charge is 2.14. The summed E-state index contributed by atoms with van der Waals surface area (Å²) < 4.78 is 1.58. The molecule has 0 bridgehead atoms. The summed E-state index contributed by atoms with van der Waals surface area (Å²) in [5, 5.41) is 0. The molecule has 20 heavy (non-hydrogen) atoms. The van der Waals surface area contributed by atoms with Crippen molar-refractivity contribution in [2.24, 2.45) is 0 Å². The minimum absolute atomic E-state index is 0. The number of hydrogen-bond acceptors (Lipinski definition) is 2. The fraction of sp³-hybridized carbons (Fsp3) is 0.857. The van der Waals surface area contributed by atoms with Gasteiger partial charge in [0.05, 0.1) is 41.3 Å². The molecular weight excluding hydrogens is 299 g/mol. The number of hydrogen-bond donors (Lipinski definition) is 0. The predicted octanol–water partition coefficient (Wildman–Crippen LogP) is -4.89. The van der Waals surface area contributed by atoms with E-state index < -0.39 is 0 Å². The molecule has 0 aromatic heterocycles. The van der Waals surface area contributed by atoms with E-state index in [1.807, 2.05) is 0 Å². The van der Waals surface area contributed by atoms with Crippen LogP contribution in [0.2, 0.25) is 0 Å². The molecule has 0 saturated carbocycles. The van der Waals surface area contributed by atoms with Gasteiger partial charge < -0.3 is 33.8 Å². The van der Waals surface area contributed by atoms with Gasteiger partial charge in [-0.05, 0) is 25.7 Å². The Kier molecular flexibility index (Phi) is 15.6. The second-order valence-electron chi connectivity index (χ2n) is 6.43. The Morgan fingerprint density at radius 1 is 0.650 bits per heavy atom. The summed E-state index contributed by atoms with van der Waals surface area (Å²) in [7, 11) is 8.38. The highest BCUT2D eigenvalue weighted by atomic mass is 35.5. The Morgan fingerprint density at radius 3 is 1.20 bits per heavy atom. The number of carbonyl (C=O) groups excluding carboxylic acids is 2. The first kappa shape index (κ1) is 24.8. The molecule has 6 heteroatoms. The highest BCUT2D eigenvalue weighted by molar-refractivity contribution is 5.50. The molecule has 0 aromatic carbocycles. The van der Waals surface area contributed by atoms with Gasteiger partial charge in [0.15, 0.2) is 12.6 Å². The summed E-state index contributed by atoms with van der Waals surface area (Å²) in [6.45, 7) is 3.32. The highest BCUT2D eigenvalue weighted by Crippen LogP contribution is 2.07. The molecule has 0 aromatic rings. The molecule has 0 unspecified atom stereocenters. The quantitative estimate of drug-likeness (QED) is 0.216. The standard InChI is InChI=1S/C14H30N2O2.2ClH/c1-15(2,11-13-17)9-7-5-6-8-10-16(3,4)12-14-18;;/h13-14H,5-12H2,1-4H3;2*1H/q+2;;/p-2. The maximum Gasteiger partial charge on any atom is 0.174 e. The minimum Gasteiger partial charge on any atom is -1.00 e. The molecule has 0 N–H and O–H groups in total. The largest absolute Gasteiger partial charge is 1.00 e. The SMILES string of the molecule is C[N+](C)(CC=O)CCCCCC[N+](C)(C)CC=O.[Cl-].[Cl-]. The minimum atomic E-state index is 0. The van der Waals surface area contributed by atoms with E-state index >= 15 is 0 Å². The van der Waals surface area contributed by atoms with E-state index in [1.165, 1.54) is 25.7 Å². The van der Waals surface area contributed by atoms with Gasteiger partial charge in [-0.1, -0.05) is 0 Å². The van der Waals surface area contributed by atoms with Gasteiger partial charge in [0.2, 0.25) is 0 Å². The average Bonchev–Trinajstić information content (AvgIpc) is 2.22. The molecule has 0 saturated heterocycles. The van der Waals surface area contributed by atoms with Gasteiger partial charge >= 0.3 is 0 Å². The zero-order chi connectivity index (χ0) is 14.1. The predicted molar refractivity (Wildman–Crippen MR) is 74.3 cm³/mol. The topological polar surface area (TPSA) is 34.1 Å². The van der Waals surface area contributed by atoms with Gasteiger partial charge in [-0.25, -0.2) is 0 Å². The lowest BCUT2D eigenvalue weighted by molar-refractivity contribution is -0.882. The molecule has 0 spiro atoms. The van der Waals surface area contributed by atoms with Crippen LogP contribution >= 0.6 is 0 Å². The third kappa shape index (κ3) is 14.3. The number of quaternary nitrogens is 2. The van der Waals surface area contributed by atoms with Crippen LogP contribution in [-0.4, -0.2) is 75.9 Å². The van der Waals surface area contributed by atoms with Crippen LogP contribution < -0.4 is 24.8 Å². The lowest BCUT2D eigenvalue weighted by Crippen LogP contribution is -3.00. The van der Waals surface area contributed by atoms with E-state index in [4.69, 9.17) is 0 Å². The van der Waals surface area contributed by atoms with Crippen molar-refractivity contribution < 1.29 is 43.4 Å². The van der Waals surface area contributed by atoms with Gasteiger partial charge in [0, 0.05) is 0 Å². The molecule has 4 nitrogen and oxygen atoms in total. The summed E-state index contributed by atoms with van der Waals surface area (Å²) in [5.41, 5.74) is 0. The molecule has 0 aliphatic heterocycles. The van der Waals surface area contributed by atoms with Crippen LogP contribution in [0.3, 0.4) is 0 Å². The number of unbranched alkanes of at least 4 members (excludes halogenated alkanes) is 3. The smallest absolute Gasteiger partial charge is 0.174 e. The van der Waals surface area contributed by atoms with Crippen LogP contribution in [0.5, 0.6) is 0 Å². The number of halogens is 2. The fourth-order valence-electron chi connectivity index (χ4n) is 2.02. The maximum absolute atomic E-state index is 10.5. The second-order valence-corrected chi connectivity index (χ2v) is 6.43. The lowest BCUT2D eigenvalue weighted by Gasteiger charge is -2.28. The normalized spacial score (nSPS) is 11.2. The zero-order valence-corrected chi connectivity index (χ0v) is 14.8. The van der Waals surface area contributed by atoms with Crippen LogP contribution in [0.4, 0.5) is 0 Å². The summed E-state index contributed by atoms with van der Waals surface area (Å²) in [6.07, 6.45) is 6.76. The van der Waals surface area contributed by atoms with Crippen molar-refractivity contribution in [2.45, 2.75) is 25.7 Å². The van der Waals surface area contributed by atoms with Crippen LogP contribution in [-0.2, 0) is 9.59 Å². The van der Waals surface area contributed by atoms with Gasteiger partial charge in [-0.2, -0.15) is 0 Å². The van der Waals surface area contributed by atoms with E-state index in [1.54, 1.807) is 0 Å².